The molecule has 4 nitrogen and oxygen atoms in total. The van der Waals surface area contributed by atoms with Gasteiger partial charge in [0, 0.05) is 16.3 Å². The molecule has 0 amide bonds. The lowest BCUT2D eigenvalue weighted by atomic mass is 10.0. The Labute approximate surface area is 137 Å². The molecule has 1 fully saturated rings. The van der Waals surface area contributed by atoms with Gasteiger partial charge >= 0.3 is 5.97 Å². The zero-order valence-electron chi connectivity index (χ0n) is 11.0. The minimum Gasteiger partial charge on any atom is -0.506 e. The Morgan fingerprint density at radius 1 is 1.38 bits per heavy atom. The summed E-state index contributed by atoms with van der Waals surface area (Å²) in [4.78, 5) is 15.4. The summed E-state index contributed by atoms with van der Waals surface area (Å²) in [6.45, 7) is 1.47. The van der Waals surface area contributed by atoms with Crippen LogP contribution in [-0.2, 0) is 4.79 Å². The van der Waals surface area contributed by atoms with Crippen LogP contribution in [0.2, 0.25) is 0 Å². The van der Waals surface area contributed by atoms with Gasteiger partial charge in [-0.25, -0.2) is 9.18 Å². The lowest BCUT2D eigenvalue weighted by Gasteiger charge is -2.11. The molecule has 0 spiro atoms. The number of benzene rings is 1. The van der Waals surface area contributed by atoms with Crippen LogP contribution in [0.15, 0.2) is 25.6 Å². The number of aliphatic hydroxyl groups is 1. The van der Waals surface area contributed by atoms with Crippen molar-refractivity contribution in [3.63, 3.8) is 0 Å². The molecule has 1 aromatic rings. The van der Waals surface area contributed by atoms with Crippen LogP contribution in [0.5, 0.6) is 0 Å². The minimum atomic E-state index is -1.31. The second kappa shape index (κ2) is 6.27. The van der Waals surface area contributed by atoms with Gasteiger partial charge < -0.3 is 10.2 Å². The highest BCUT2D eigenvalue weighted by molar-refractivity contribution is 9.11. The maximum absolute atomic E-state index is 13.9. The normalized spacial score (nSPS) is 16.2. The van der Waals surface area contributed by atoms with E-state index in [1.165, 1.54) is 13.0 Å². The van der Waals surface area contributed by atoms with E-state index in [0.717, 1.165) is 19.1 Å². The molecule has 0 heterocycles. The number of carboxylic acid groups (broad SMARTS) is 1. The molecular formula is C14H12Br2FNO3. The summed E-state index contributed by atoms with van der Waals surface area (Å²) in [5, 5.41) is 19.5. The predicted octanol–water partition coefficient (Wildman–Crippen LogP) is 4.25. The van der Waals surface area contributed by atoms with Gasteiger partial charge in [0.15, 0.2) is 0 Å². The number of halogens is 3. The first-order valence-electron chi connectivity index (χ1n) is 6.17. The Balaban J connectivity index is 2.58. The van der Waals surface area contributed by atoms with Crippen LogP contribution >= 0.6 is 31.9 Å². The topological polar surface area (TPSA) is 69.9 Å². The molecule has 7 heteroatoms. The molecule has 0 unspecified atom stereocenters. The zero-order valence-corrected chi connectivity index (χ0v) is 14.2. The van der Waals surface area contributed by atoms with Crippen molar-refractivity contribution in [3.05, 3.63) is 37.5 Å². The molecule has 2 N–H and O–H groups in total. The minimum absolute atomic E-state index is 0.107. The number of carbonyl (C=O) groups is 1. The SMILES string of the molecule is Cc1c(F)c(Br)cc(Br)c1C(O)=C(C=NC1CC1)C(=O)O. The summed E-state index contributed by atoms with van der Waals surface area (Å²) < 4.78 is 14.6. The summed E-state index contributed by atoms with van der Waals surface area (Å²) in [5.41, 5.74) is -0.102. The van der Waals surface area contributed by atoms with Crippen molar-refractivity contribution in [3.8, 4) is 0 Å². The highest BCUT2D eigenvalue weighted by Gasteiger charge is 2.23. The maximum Gasteiger partial charge on any atom is 0.341 e. The standard InChI is InChI=1S/C14H12Br2FNO3/c1-6-11(9(15)4-10(16)12(6)17)13(19)8(14(20)21)5-18-7-2-3-7/h4-5,7,19H,2-3H2,1H3,(H,20,21). The molecule has 112 valence electrons. The average Bonchev–Trinajstić information content (AvgIpc) is 3.20. The van der Waals surface area contributed by atoms with Gasteiger partial charge in [0.25, 0.3) is 0 Å². The Morgan fingerprint density at radius 2 is 2.00 bits per heavy atom. The second-order valence-corrected chi connectivity index (χ2v) is 6.44. The van der Waals surface area contributed by atoms with E-state index in [2.05, 4.69) is 36.9 Å². The molecule has 2 rings (SSSR count). The van der Waals surface area contributed by atoms with Gasteiger partial charge in [0.05, 0.1) is 10.5 Å². The number of aliphatic imine (C=N–C) groups is 1. The third kappa shape index (κ3) is 3.52. The van der Waals surface area contributed by atoms with Crippen LogP contribution in [-0.4, -0.2) is 28.4 Å². The van der Waals surface area contributed by atoms with E-state index >= 15 is 0 Å². The highest BCUT2D eigenvalue weighted by atomic mass is 79.9. The van der Waals surface area contributed by atoms with Gasteiger partial charge in [-0.1, -0.05) is 0 Å². The smallest absolute Gasteiger partial charge is 0.341 e. The second-order valence-electron chi connectivity index (χ2n) is 4.73. The predicted molar refractivity (Wildman–Crippen MR) is 85.2 cm³/mol. The van der Waals surface area contributed by atoms with Crippen molar-refractivity contribution in [2.24, 2.45) is 4.99 Å². The molecule has 0 radical (unpaired) electrons. The molecule has 0 aromatic heterocycles. The molecule has 1 aromatic carbocycles. The molecular weight excluding hydrogens is 409 g/mol. The monoisotopic (exact) mass is 419 g/mol. The average molecular weight is 421 g/mol. The van der Waals surface area contributed by atoms with Crippen LogP contribution in [0.1, 0.15) is 24.0 Å². The molecule has 1 aliphatic rings. The number of rotatable bonds is 4. The van der Waals surface area contributed by atoms with E-state index in [9.17, 15) is 19.4 Å². The van der Waals surface area contributed by atoms with Crippen molar-refractivity contribution in [2.75, 3.05) is 0 Å². The first-order chi connectivity index (χ1) is 9.82. The lowest BCUT2D eigenvalue weighted by Crippen LogP contribution is -2.08. The van der Waals surface area contributed by atoms with Crippen LogP contribution in [0.25, 0.3) is 5.76 Å². The van der Waals surface area contributed by atoms with E-state index in [0.29, 0.717) is 4.47 Å². The van der Waals surface area contributed by atoms with E-state index < -0.39 is 17.5 Å². The van der Waals surface area contributed by atoms with Crippen LogP contribution in [0, 0.1) is 12.7 Å². The number of aliphatic hydroxyl groups excluding tert-OH is 1. The van der Waals surface area contributed by atoms with Crippen molar-refractivity contribution in [2.45, 2.75) is 25.8 Å². The summed E-state index contributed by atoms with van der Waals surface area (Å²) in [6, 6.07) is 1.55. The quantitative estimate of drug-likeness (QED) is 0.331. The van der Waals surface area contributed by atoms with Crippen molar-refractivity contribution >= 4 is 49.8 Å². The van der Waals surface area contributed by atoms with Crippen LogP contribution in [0.4, 0.5) is 4.39 Å². The third-order valence-corrected chi connectivity index (χ3v) is 4.29. The number of carboxylic acids is 1. The number of nitrogens with zero attached hydrogens (tertiary/aromatic N) is 1. The highest BCUT2D eigenvalue weighted by Crippen LogP contribution is 2.34. The van der Waals surface area contributed by atoms with E-state index in [4.69, 9.17) is 0 Å². The molecule has 0 bridgehead atoms. The maximum atomic E-state index is 13.9. The third-order valence-electron chi connectivity index (χ3n) is 3.09. The van der Waals surface area contributed by atoms with Crippen molar-refractivity contribution < 1.29 is 19.4 Å². The van der Waals surface area contributed by atoms with Crippen LogP contribution < -0.4 is 0 Å². The molecule has 1 aliphatic carbocycles. The Morgan fingerprint density at radius 3 is 2.52 bits per heavy atom. The first-order valence-corrected chi connectivity index (χ1v) is 7.75. The fraction of sp³-hybridized carbons (Fsp3) is 0.286. The van der Waals surface area contributed by atoms with E-state index in [-0.39, 0.29) is 27.2 Å². The fourth-order valence-electron chi connectivity index (χ4n) is 1.76. The Hall–Kier alpha value is -1.21. The van der Waals surface area contributed by atoms with Crippen molar-refractivity contribution in [1.29, 1.82) is 0 Å². The number of hydrogen-bond acceptors (Lipinski definition) is 3. The molecule has 0 atom stereocenters. The van der Waals surface area contributed by atoms with Gasteiger partial charge in [-0.3, -0.25) is 4.99 Å². The summed E-state index contributed by atoms with van der Waals surface area (Å²) in [6.07, 6.45) is 2.97. The Kier molecular flexibility index (Phi) is 4.83. The Bertz CT molecular complexity index is 667. The fourth-order valence-corrected chi connectivity index (χ4v) is 3.31. The summed E-state index contributed by atoms with van der Waals surface area (Å²) >= 11 is 6.27. The van der Waals surface area contributed by atoms with E-state index in [1.807, 2.05) is 0 Å². The largest absolute Gasteiger partial charge is 0.506 e. The van der Waals surface area contributed by atoms with Crippen LogP contribution in [0.3, 0.4) is 0 Å². The van der Waals surface area contributed by atoms with Gasteiger partial charge in [-0.15, -0.1) is 0 Å². The lowest BCUT2D eigenvalue weighted by molar-refractivity contribution is -0.132. The molecule has 21 heavy (non-hydrogen) atoms. The number of hydrogen-bond donors (Lipinski definition) is 2. The van der Waals surface area contributed by atoms with E-state index in [1.54, 1.807) is 0 Å². The molecule has 1 saturated carbocycles. The summed E-state index contributed by atoms with van der Waals surface area (Å²) in [7, 11) is 0. The van der Waals surface area contributed by atoms with Gasteiger partial charge in [0.1, 0.15) is 17.1 Å². The summed E-state index contributed by atoms with van der Waals surface area (Å²) in [5.74, 6) is -2.38. The number of aliphatic carboxylic acids is 1. The van der Waals surface area contributed by atoms with Gasteiger partial charge in [-0.05, 0) is 63.3 Å². The molecule has 0 aliphatic heterocycles. The first kappa shape index (κ1) is 16.2. The zero-order chi connectivity index (χ0) is 15.7. The molecule has 0 saturated heterocycles. The van der Waals surface area contributed by atoms with Gasteiger partial charge in [0.2, 0.25) is 0 Å². The van der Waals surface area contributed by atoms with Gasteiger partial charge in [-0.2, -0.15) is 0 Å². The van der Waals surface area contributed by atoms with Crippen molar-refractivity contribution in [1.82, 2.24) is 0 Å².